The van der Waals surface area contributed by atoms with Crippen molar-refractivity contribution < 1.29 is 21.2 Å². The van der Waals surface area contributed by atoms with Crippen molar-refractivity contribution in [2.75, 3.05) is 0 Å². The number of benzene rings is 2. The first-order chi connectivity index (χ1) is 9.42. The fraction of sp³-hybridized carbons (Fsp3) is 0.333. The number of halogens is 1. The van der Waals surface area contributed by atoms with Crippen molar-refractivity contribution >= 4 is 0 Å². The van der Waals surface area contributed by atoms with E-state index in [0.29, 0.717) is 0 Å². The molecule has 1 saturated carbocycles. The van der Waals surface area contributed by atoms with E-state index in [4.69, 9.17) is 0 Å². The van der Waals surface area contributed by atoms with Gasteiger partial charge in [-0.3, -0.25) is 0 Å². The Balaban J connectivity index is 1.68. The maximum Gasteiger partial charge on any atom is 0.357 e. The predicted octanol–water partition coefficient (Wildman–Crippen LogP) is 1.86. The summed E-state index contributed by atoms with van der Waals surface area (Å²) < 4.78 is 3.04. The van der Waals surface area contributed by atoms with Crippen molar-refractivity contribution in [3.05, 3.63) is 67.3 Å². The van der Waals surface area contributed by atoms with Crippen molar-refractivity contribution in [1.82, 2.24) is 0 Å². The highest BCUT2D eigenvalue weighted by molar-refractivity contribution is 5.19. The summed E-state index contributed by atoms with van der Waals surface area (Å²) in [7, 11) is 0. The predicted molar refractivity (Wildman–Crippen MR) is 76.1 cm³/mol. The van der Waals surface area contributed by atoms with Crippen LogP contribution in [0.4, 0.5) is 0 Å². The Morgan fingerprint density at radius 3 is 2.00 bits per heavy atom. The topological polar surface area (TPSA) is 0 Å². The molecule has 0 radical (unpaired) electrons. The Morgan fingerprint density at radius 2 is 1.32 bits per heavy atom. The van der Waals surface area contributed by atoms with E-state index < -0.39 is 0 Å². The van der Waals surface area contributed by atoms with Gasteiger partial charge in [-0.25, -0.2) is 0 Å². The van der Waals surface area contributed by atoms with Gasteiger partial charge in [-0.2, -0.15) is 0 Å². The second kappa shape index (κ2) is 6.56. The molecule has 0 atom stereocenters. The second-order valence-corrected chi connectivity index (χ2v) is 8.31. The summed E-state index contributed by atoms with van der Waals surface area (Å²) in [6.45, 7) is 0. The van der Waals surface area contributed by atoms with E-state index in [2.05, 4.69) is 54.6 Å². The molecule has 0 bridgehead atoms. The Morgan fingerprint density at radius 1 is 0.684 bits per heavy atom. The largest absolute Gasteiger partial charge is 0.357 e. The number of hydrogen-bond acceptors (Lipinski definition) is 0. The van der Waals surface area contributed by atoms with Gasteiger partial charge in [0, 0.05) is 0 Å². The van der Waals surface area contributed by atoms with E-state index >= 15 is 0 Å². The second-order valence-electron chi connectivity index (χ2n) is 5.28. The minimum absolute atomic E-state index is 0.00271. The summed E-state index contributed by atoms with van der Waals surface area (Å²) in [6, 6.07) is 20.4. The van der Waals surface area contributed by atoms with Gasteiger partial charge in [0.2, 0.25) is 0 Å². The van der Waals surface area contributed by atoms with Crippen LogP contribution in [0.15, 0.2) is 54.6 Å². The highest BCUT2D eigenvalue weighted by Gasteiger charge is 2.18. The molecule has 0 spiro atoms. The van der Waals surface area contributed by atoms with Gasteiger partial charge in [0.05, 0.1) is 0 Å². The molecule has 0 aromatic heterocycles. The molecule has 0 aliphatic heterocycles. The summed E-state index contributed by atoms with van der Waals surface area (Å²) in [5.41, 5.74) is 1.57. The van der Waals surface area contributed by atoms with Gasteiger partial charge in [-0.15, -0.1) is 0 Å². The molecular weight excluding hydrogens is 343 g/mol. The lowest BCUT2D eigenvalue weighted by Gasteiger charge is -2.21. The van der Waals surface area contributed by atoms with Crippen LogP contribution in [0.5, 0.6) is 0 Å². The molecule has 1 heteroatoms. The summed E-state index contributed by atoms with van der Waals surface area (Å²) >= 11 is -0.00271. The van der Waals surface area contributed by atoms with E-state index in [1.54, 1.807) is 5.56 Å². The molecule has 19 heavy (non-hydrogen) atoms. The lowest BCUT2D eigenvalue weighted by molar-refractivity contribution is -0.597. The summed E-state index contributed by atoms with van der Waals surface area (Å²) in [5, 5.41) is 0. The van der Waals surface area contributed by atoms with Gasteiger partial charge in [0.1, 0.15) is 0 Å². The minimum Gasteiger partial charge on any atom is -0.0619 e. The van der Waals surface area contributed by atoms with Crippen LogP contribution in [0.25, 0.3) is 0 Å². The summed E-state index contributed by atoms with van der Waals surface area (Å²) in [6.07, 6.45) is 7.07. The van der Waals surface area contributed by atoms with Crippen LogP contribution in [0.2, 0.25) is 0 Å². The van der Waals surface area contributed by atoms with Gasteiger partial charge in [-0.05, 0) is 48.6 Å². The maximum atomic E-state index is 2.38. The third-order valence-corrected chi connectivity index (χ3v) is 6.58. The Labute approximate surface area is 126 Å². The highest BCUT2D eigenvalue weighted by Crippen LogP contribution is 2.32. The molecule has 1 aliphatic rings. The molecule has 0 heterocycles. The molecule has 0 nitrogen and oxygen atoms in total. The van der Waals surface area contributed by atoms with Crippen LogP contribution in [-0.4, -0.2) is 0 Å². The molecule has 2 aromatic carbocycles. The van der Waals surface area contributed by atoms with Gasteiger partial charge in [-0.1, -0.05) is 49.6 Å². The lowest BCUT2D eigenvalue weighted by atomic mass is 9.84. The minimum atomic E-state index is -0.00271. The van der Waals surface area contributed by atoms with Crippen LogP contribution in [0.3, 0.4) is 0 Å². The highest BCUT2D eigenvalue weighted by atomic mass is 127. The van der Waals surface area contributed by atoms with E-state index in [9.17, 15) is 0 Å². The van der Waals surface area contributed by atoms with E-state index in [0.717, 1.165) is 5.92 Å². The number of hydrogen-bond donors (Lipinski definition) is 0. The Bertz CT molecular complexity index is 495. The van der Waals surface area contributed by atoms with Crippen LogP contribution in [0, 0.1) is 7.14 Å². The first kappa shape index (κ1) is 13.2. The first-order valence-corrected chi connectivity index (χ1v) is 9.37. The van der Waals surface area contributed by atoms with E-state index in [1.807, 2.05) is 0 Å². The molecule has 0 amide bonds. The van der Waals surface area contributed by atoms with Crippen molar-refractivity contribution in [3.8, 4) is 0 Å². The van der Waals surface area contributed by atoms with E-state index in [-0.39, 0.29) is 21.2 Å². The summed E-state index contributed by atoms with van der Waals surface area (Å²) in [4.78, 5) is 0. The smallest absolute Gasteiger partial charge is 0.0619 e. The van der Waals surface area contributed by atoms with Crippen LogP contribution >= 0.6 is 0 Å². The molecule has 0 saturated heterocycles. The lowest BCUT2D eigenvalue weighted by Crippen LogP contribution is -3.61. The fourth-order valence-corrected chi connectivity index (χ4v) is 5.05. The van der Waals surface area contributed by atoms with Gasteiger partial charge in [0.15, 0.2) is 7.14 Å². The van der Waals surface area contributed by atoms with Gasteiger partial charge < -0.3 is 0 Å². The average Bonchev–Trinajstić information content (AvgIpc) is 2.50. The normalized spacial score (nSPS) is 16.4. The molecule has 98 valence electrons. The molecule has 3 rings (SSSR count). The molecule has 1 aliphatic carbocycles. The van der Waals surface area contributed by atoms with Gasteiger partial charge in [0.25, 0.3) is 0 Å². The van der Waals surface area contributed by atoms with Crippen molar-refractivity contribution in [2.24, 2.45) is 0 Å². The molecular formula is C18H20I+. The van der Waals surface area contributed by atoms with Crippen LogP contribution in [0.1, 0.15) is 43.6 Å². The zero-order valence-electron chi connectivity index (χ0n) is 11.2. The molecule has 0 unspecified atom stereocenters. The Kier molecular flexibility index (Phi) is 4.54. The van der Waals surface area contributed by atoms with E-state index in [1.165, 1.54) is 39.2 Å². The molecule has 2 aromatic rings. The molecule has 0 N–H and O–H groups in total. The quantitative estimate of drug-likeness (QED) is 0.731. The monoisotopic (exact) mass is 363 g/mol. The number of rotatable bonds is 3. The first-order valence-electron chi connectivity index (χ1n) is 7.22. The van der Waals surface area contributed by atoms with Crippen molar-refractivity contribution in [3.63, 3.8) is 0 Å². The third kappa shape index (κ3) is 3.59. The van der Waals surface area contributed by atoms with Crippen LogP contribution in [-0.2, 0) is 0 Å². The summed E-state index contributed by atoms with van der Waals surface area (Å²) in [5.74, 6) is 0.831. The Hall–Kier alpha value is -0.830. The zero-order chi connectivity index (χ0) is 12.9. The maximum absolute atomic E-state index is 2.38. The van der Waals surface area contributed by atoms with Gasteiger partial charge >= 0.3 is 21.2 Å². The fourth-order valence-electron chi connectivity index (χ4n) is 2.84. The molecule has 1 fully saturated rings. The SMILES string of the molecule is c1ccc([I+]c2ccc(C3CCCCC3)cc2)cc1. The van der Waals surface area contributed by atoms with Crippen molar-refractivity contribution in [1.29, 1.82) is 0 Å². The van der Waals surface area contributed by atoms with Crippen LogP contribution < -0.4 is 21.2 Å². The standard InChI is InChI=1S/C18H20I/c1-3-7-15(8-4-1)16-11-13-18(14-12-16)19-17-9-5-2-6-10-17/h2,5-6,9-15H,1,3-4,7-8H2/q+1. The third-order valence-electron chi connectivity index (χ3n) is 3.90. The average molecular weight is 363 g/mol. The van der Waals surface area contributed by atoms with Crippen molar-refractivity contribution in [2.45, 2.75) is 38.0 Å². The zero-order valence-corrected chi connectivity index (χ0v) is 13.3.